The molecule has 0 unspecified atom stereocenters. The summed E-state index contributed by atoms with van der Waals surface area (Å²) in [6.07, 6.45) is 2.30. The molecule has 0 aromatic heterocycles. The van der Waals surface area contributed by atoms with Crippen LogP contribution in [0.3, 0.4) is 0 Å². The third-order valence-electron chi connectivity index (χ3n) is 3.07. The van der Waals surface area contributed by atoms with Gasteiger partial charge in [-0.1, -0.05) is 6.07 Å². The average molecular weight is 288 g/mol. The summed E-state index contributed by atoms with van der Waals surface area (Å²) in [6.45, 7) is 4.23. The smallest absolute Gasteiger partial charge is 0.0992 e. The van der Waals surface area contributed by atoms with Gasteiger partial charge in [0.05, 0.1) is 11.6 Å². The summed E-state index contributed by atoms with van der Waals surface area (Å²) in [5, 5.41) is 15.7. The molecule has 0 saturated carbocycles. The van der Waals surface area contributed by atoms with E-state index in [0.29, 0.717) is 6.04 Å². The predicted molar refractivity (Wildman–Crippen MR) is 79.9 cm³/mol. The van der Waals surface area contributed by atoms with Crippen molar-refractivity contribution >= 4 is 30.5 Å². The highest BCUT2D eigenvalue weighted by Crippen LogP contribution is 2.19. The molecule has 1 heterocycles. The molecule has 1 aromatic rings. The lowest BCUT2D eigenvalue weighted by Gasteiger charge is -2.25. The lowest BCUT2D eigenvalue weighted by Crippen LogP contribution is -2.35. The van der Waals surface area contributed by atoms with Crippen molar-refractivity contribution in [2.75, 3.05) is 18.4 Å². The molecule has 18 heavy (non-hydrogen) atoms. The van der Waals surface area contributed by atoms with Crippen LogP contribution in [-0.4, -0.2) is 19.1 Å². The second-order valence-corrected chi connectivity index (χ2v) is 4.31. The highest BCUT2D eigenvalue weighted by molar-refractivity contribution is 5.85. The Bertz CT molecular complexity index is 409. The summed E-state index contributed by atoms with van der Waals surface area (Å²) < 4.78 is 0. The maximum absolute atomic E-state index is 8.87. The van der Waals surface area contributed by atoms with Gasteiger partial charge >= 0.3 is 0 Å². The Kier molecular flexibility index (Phi) is 7.77. The van der Waals surface area contributed by atoms with Gasteiger partial charge in [-0.25, -0.2) is 0 Å². The molecule has 0 radical (unpaired) electrons. The zero-order valence-corrected chi connectivity index (χ0v) is 12.0. The van der Waals surface area contributed by atoms with Crippen molar-refractivity contribution in [1.29, 1.82) is 5.26 Å². The molecule has 1 aliphatic heterocycles. The van der Waals surface area contributed by atoms with E-state index in [1.165, 1.54) is 5.56 Å². The number of piperidine rings is 1. The van der Waals surface area contributed by atoms with Crippen molar-refractivity contribution in [2.24, 2.45) is 0 Å². The fraction of sp³-hybridized carbons (Fsp3) is 0.462. The summed E-state index contributed by atoms with van der Waals surface area (Å²) in [7, 11) is 0. The zero-order valence-electron chi connectivity index (χ0n) is 10.4. The molecule has 1 aliphatic rings. The van der Waals surface area contributed by atoms with E-state index in [1.807, 2.05) is 18.2 Å². The van der Waals surface area contributed by atoms with Crippen LogP contribution < -0.4 is 10.6 Å². The van der Waals surface area contributed by atoms with Crippen LogP contribution in [0.1, 0.15) is 24.0 Å². The van der Waals surface area contributed by atoms with Crippen LogP contribution >= 0.6 is 24.8 Å². The molecule has 0 aliphatic carbocycles. The minimum absolute atomic E-state index is 0. The van der Waals surface area contributed by atoms with Crippen LogP contribution in [0.15, 0.2) is 18.2 Å². The van der Waals surface area contributed by atoms with Crippen molar-refractivity contribution < 1.29 is 0 Å². The molecule has 1 aromatic carbocycles. The van der Waals surface area contributed by atoms with E-state index in [9.17, 15) is 0 Å². The van der Waals surface area contributed by atoms with Crippen LogP contribution in [0.25, 0.3) is 0 Å². The number of nitrogens with one attached hydrogen (secondary N) is 2. The molecular formula is C13H19Cl2N3. The fourth-order valence-electron chi connectivity index (χ4n) is 2.03. The Morgan fingerprint density at radius 1 is 1.28 bits per heavy atom. The lowest BCUT2D eigenvalue weighted by atomic mass is 10.0. The summed E-state index contributed by atoms with van der Waals surface area (Å²) in [4.78, 5) is 0. The molecule has 1 fully saturated rings. The molecule has 3 nitrogen and oxygen atoms in total. The monoisotopic (exact) mass is 287 g/mol. The van der Waals surface area contributed by atoms with Gasteiger partial charge in [-0.15, -0.1) is 24.8 Å². The zero-order chi connectivity index (χ0) is 11.4. The first-order chi connectivity index (χ1) is 7.79. The third kappa shape index (κ3) is 4.38. The van der Waals surface area contributed by atoms with E-state index in [1.54, 1.807) is 0 Å². The Morgan fingerprint density at radius 2 is 1.94 bits per heavy atom. The van der Waals surface area contributed by atoms with Gasteiger partial charge in [0.25, 0.3) is 0 Å². The standard InChI is InChI=1S/C13H17N3.2ClH/c1-10-2-3-11(9-14)8-13(10)16-12-4-6-15-7-5-12;;/h2-3,8,12,15-16H,4-7H2,1H3;2*1H. The summed E-state index contributed by atoms with van der Waals surface area (Å²) in [5.74, 6) is 0. The molecule has 2 N–H and O–H groups in total. The lowest BCUT2D eigenvalue weighted by molar-refractivity contribution is 0.479. The highest BCUT2D eigenvalue weighted by atomic mass is 35.5. The summed E-state index contributed by atoms with van der Waals surface area (Å²) in [5.41, 5.74) is 3.03. The third-order valence-corrected chi connectivity index (χ3v) is 3.07. The molecule has 5 heteroatoms. The Balaban J connectivity index is 0.00000144. The first kappa shape index (κ1) is 17.1. The van der Waals surface area contributed by atoms with E-state index in [4.69, 9.17) is 5.26 Å². The summed E-state index contributed by atoms with van der Waals surface area (Å²) in [6, 6.07) is 8.52. The van der Waals surface area contributed by atoms with E-state index >= 15 is 0 Å². The van der Waals surface area contributed by atoms with Gasteiger partial charge in [0.2, 0.25) is 0 Å². The van der Waals surface area contributed by atoms with Crippen LogP contribution in [0.5, 0.6) is 0 Å². The van der Waals surface area contributed by atoms with Crippen LogP contribution in [-0.2, 0) is 0 Å². The number of hydrogen-bond donors (Lipinski definition) is 2. The topological polar surface area (TPSA) is 47.9 Å². The molecule has 100 valence electrons. The van der Waals surface area contributed by atoms with Crippen molar-refractivity contribution in [2.45, 2.75) is 25.8 Å². The van der Waals surface area contributed by atoms with Crippen molar-refractivity contribution in [1.82, 2.24) is 5.32 Å². The van der Waals surface area contributed by atoms with Crippen LogP contribution in [0.4, 0.5) is 5.69 Å². The maximum Gasteiger partial charge on any atom is 0.0992 e. The number of anilines is 1. The number of aryl methyl sites for hydroxylation is 1. The number of halogens is 2. The fourth-order valence-corrected chi connectivity index (χ4v) is 2.03. The molecule has 0 amide bonds. The van der Waals surface area contributed by atoms with Gasteiger partial charge in [0, 0.05) is 11.7 Å². The van der Waals surface area contributed by atoms with E-state index in [-0.39, 0.29) is 24.8 Å². The second kappa shape index (κ2) is 8.20. The van der Waals surface area contributed by atoms with Gasteiger partial charge in [0.1, 0.15) is 0 Å². The van der Waals surface area contributed by atoms with E-state index in [2.05, 4.69) is 23.6 Å². The van der Waals surface area contributed by atoms with Crippen molar-refractivity contribution in [3.63, 3.8) is 0 Å². The number of nitrogens with zero attached hydrogens (tertiary/aromatic N) is 1. The second-order valence-electron chi connectivity index (χ2n) is 4.31. The minimum atomic E-state index is 0. The van der Waals surface area contributed by atoms with Crippen molar-refractivity contribution in [3.05, 3.63) is 29.3 Å². The quantitative estimate of drug-likeness (QED) is 0.879. The number of rotatable bonds is 2. The number of nitriles is 1. The van der Waals surface area contributed by atoms with Crippen LogP contribution in [0.2, 0.25) is 0 Å². The van der Waals surface area contributed by atoms with E-state index < -0.39 is 0 Å². The highest BCUT2D eigenvalue weighted by Gasteiger charge is 2.13. The van der Waals surface area contributed by atoms with Gasteiger partial charge in [0.15, 0.2) is 0 Å². The minimum Gasteiger partial charge on any atom is -0.382 e. The molecule has 1 saturated heterocycles. The maximum atomic E-state index is 8.87. The molecule has 2 rings (SSSR count). The number of hydrogen-bond acceptors (Lipinski definition) is 3. The van der Waals surface area contributed by atoms with E-state index in [0.717, 1.165) is 37.2 Å². The Hall–Kier alpha value is -0.950. The first-order valence-corrected chi connectivity index (χ1v) is 5.77. The van der Waals surface area contributed by atoms with Crippen LogP contribution in [0, 0.1) is 18.3 Å². The molecular weight excluding hydrogens is 269 g/mol. The first-order valence-electron chi connectivity index (χ1n) is 5.77. The molecule has 0 spiro atoms. The average Bonchev–Trinajstić information content (AvgIpc) is 2.33. The predicted octanol–water partition coefficient (Wildman–Crippen LogP) is 2.87. The normalized spacial score (nSPS) is 14.9. The molecule has 0 atom stereocenters. The van der Waals surface area contributed by atoms with Crippen molar-refractivity contribution in [3.8, 4) is 6.07 Å². The molecule has 0 bridgehead atoms. The Morgan fingerprint density at radius 3 is 2.56 bits per heavy atom. The van der Waals surface area contributed by atoms with Gasteiger partial charge in [-0.3, -0.25) is 0 Å². The van der Waals surface area contributed by atoms with Gasteiger partial charge < -0.3 is 10.6 Å². The summed E-state index contributed by atoms with van der Waals surface area (Å²) >= 11 is 0. The van der Waals surface area contributed by atoms with Gasteiger partial charge in [-0.2, -0.15) is 5.26 Å². The number of benzene rings is 1. The van der Waals surface area contributed by atoms with Gasteiger partial charge in [-0.05, 0) is 50.6 Å². The largest absolute Gasteiger partial charge is 0.382 e. The SMILES string of the molecule is Cc1ccc(C#N)cc1NC1CCNCC1.Cl.Cl. The Labute approximate surface area is 121 Å².